The molecule has 96 valence electrons. The fraction of sp³-hybridized carbons (Fsp3) is 0.786. The first-order chi connectivity index (χ1) is 8.29. The van der Waals surface area contributed by atoms with E-state index in [1.807, 2.05) is 0 Å². The van der Waals surface area contributed by atoms with Gasteiger partial charge in [-0.2, -0.15) is 5.10 Å². The van der Waals surface area contributed by atoms with Crippen molar-refractivity contribution in [2.45, 2.75) is 70.4 Å². The smallest absolute Gasteiger partial charge is 0.0640 e. The molecule has 1 aromatic heterocycles. The van der Waals surface area contributed by atoms with Gasteiger partial charge in [-0.05, 0) is 25.3 Å². The minimum atomic E-state index is 0.273. The summed E-state index contributed by atoms with van der Waals surface area (Å²) >= 11 is 0. The van der Waals surface area contributed by atoms with Crippen molar-refractivity contribution in [3.63, 3.8) is 0 Å². The van der Waals surface area contributed by atoms with E-state index in [1.54, 1.807) is 0 Å². The van der Waals surface area contributed by atoms with Gasteiger partial charge in [0.25, 0.3) is 0 Å². The number of aromatic nitrogens is 2. The largest absolute Gasteiger partial charge is 0.327 e. The van der Waals surface area contributed by atoms with Gasteiger partial charge in [-0.25, -0.2) is 0 Å². The number of hydrogen-bond donors (Lipinski definition) is 1. The highest BCUT2D eigenvalue weighted by Crippen LogP contribution is 2.27. The van der Waals surface area contributed by atoms with Crippen molar-refractivity contribution in [2.24, 2.45) is 5.73 Å². The summed E-state index contributed by atoms with van der Waals surface area (Å²) in [5.74, 6) is 0. The molecule has 1 atom stereocenters. The molecule has 1 aromatic rings. The molecule has 3 heteroatoms. The number of hydrogen-bond acceptors (Lipinski definition) is 2. The highest BCUT2D eigenvalue weighted by atomic mass is 15.3. The van der Waals surface area contributed by atoms with Gasteiger partial charge in [-0.15, -0.1) is 0 Å². The molecule has 2 N–H and O–H groups in total. The summed E-state index contributed by atoms with van der Waals surface area (Å²) in [5.41, 5.74) is 7.22. The Kier molecular flexibility index (Phi) is 4.60. The SMILES string of the molecule is CCCC(N)Cc1ccn(C2CCCCC2)n1. The molecule has 3 nitrogen and oxygen atoms in total. The first-order valence-corrected chi connectivity index (χ1v) is 7.09. The Bertz CT molecular complexity index is 326. The van der Waals surface area contributed by atoms with Gasteiger partial charge in [0.2, 0.25) is 0 Å². The maximum Gasteiger partial charge on any atom is 0.0640 e. The van der Waals surface area contributed by atoms with Crippen LogP contribution in [0.15, 0.2) is 12.3 Å². The Hall–Kier alpha value is -0.830. The molecule has 0 spiro atoms. The number of nitrogens with zero attached hydrogens (tertiary/aromatic N) is 2. The zero-order valence-corrected chi connectivity index (χ0v) is 10.9. The van der Waals surface area contributed by atoms with Crippen molar-refractivity contribution in [3.8, 4) is 0 Å². The quantitative estimate of drug-likeness (QED) is 0.852. The number of rotatable bonds is 5. The molecule has 0 aliphatic heterocycles. The fourth-order valence-electron chi connectivity index (χ4n) is 2.78. The van der Waals surface area contributed by atoms with E-state index >= 15 is 0 Å². The van der Waals surface area contributed by atoms with Gasteiger partial charge in [0.15, 0.2) is 0 Å². The standard InChI is InChI=1S/C14H25N3/c1-2-6-12(15)11-13-9-10-17(16-13)14-7-4-3-5-8-14/h9-10,12,14H,2-8,11,15H2,1H3. The topological polar surface area (TPSA) is 43.8 Å². The average Bonchev–Trinajstić information content (AvgIpc) is 2.79. The van der Waals surface area contributed by atoms with Gasteiger partial charge in [0.1, 0.15) is 0 Å². The Morgan fingerprint density at radius 3 is 2.88 bits per heavy atom. The second-order valence-corrected chi connectivity index (χ2v) is 5.33. The maximum atomic E-state index is 6.05. The first-order valence-electron chi connectivity index (χ1n) is 7.09. The van der Waals surface area contributed by atoms with Crippen LogP contribution in [0.2, 0.25) is 0 Å². The van der Waals surface area contributed by atoms with Crippen LogP contribution in [0.3, 0.4) is 0 Å². The summed E-state index contributed by atoms with van der Waals surface area (Å²) in [6.45, 7) is 2.18. The Balaban J connectivity index is 1.90. The van der Waals surface area contributed by atoms with Gasteiger partial charge < -0.3 is 5.73 Å². The van der Waals surface area contributed by atoms with E-state index in [0.29, 0.717) is 6.04 Å². The van der Waals surface area contributed by atoms with Gasteiger partial charge >= 0.3 is 0 Å². The maximum absolute atomic E-state index is 6.05. The van der Waals surface area contributed by atoms with Crippen molar-refractivity contribution in [3.05, 3.63) is 18.0 Å². The van der Waals surface area contributed by atoms with E-state index in [4.69, 9.17) is 10.8 Å². The Morgan fingerprint density at radius 1 is 1.41 bits per heavy atom. The van der Waals surface area contributed by atoms with Crippen molar-refractivity contribution < 1.29 is 0 Å². The van der Waals surface area contributed by atoms with Crippen LogP contribution in [0.4, 0.5) is 0 Å². The van der Waals surface area contributed by atoms with Crippen molar-refractivity contribution in [1.29, 1.82) is 0 Å². The molecule has 1 heterocycles. The van der Waals surface area contributed by atoms with Crippen LogP contribution in [0.5, 0.6) is 0 Å². The van der Waals surface area contributed by atoms with E-state index < -0.39 is 0 Å². The van der Waals surface area contributed by atoms with Crippen molar-refractivity contribution in [1.82, 2.24) is 9.78 Å². The Labute approximate surface area is 104 Å². The van der Waals surface area contributed by atoms with Crippen LogP contribution >= 0.6 is 0 Å². The fourth-order valence-corrected chi connectivity index (χ4v) is 2.78. The van der Waals surface area contributed by atoms with Crippen LogP contribution < -0.4 is 5.73 Å². The summed E-state index contributed by atoms with van der Waals surface area (Å²) in [5, 5.41) is 4.69. The minimum absolute atomic E-state index is 0.273. The first kappa shape index (κ1) is 12.6. The lowest BCUT2D eigenvalue weighted by Gasteiger charge is -2.21. The molecular formula is C14H25N3. The lowest BCUT2D eigenvalue weighted by atomic mass is 9.96. The van der Waals surface area contributed by atoms with E-state index in [2.05, 4.69) is 23.9 Å². The van der Waals surface area contributed by atoms with Crippen molar-refractivity contribution in [2.75, 3.05) is 0 Å². The summed E-state index contributed by atoms with van der Waals surface area (Å²) in [6, 6.07) is 3.05. The van der Waals surface area contributed by atoms with Crippen LogP contribution in [0.25, 0.3) is 0 Å². The third-order valence-corrected chi connectivity index (χ3v) is 3.74. The molecule has 1 saturated carbocycles. The molecule has 1 unspecified atom stereocenters. The molecule has 0 amide bonds. The zero-order chi connectivity index (χ0) is 12.1. The van der Waals surface area contributed by atoms with Crippen LogP contribution in [0.1, 0.15) is 63.6 Å². The minimum Gasteiger partial charge on any atom is -0.327 e. The predicted molar refractivity (Wildman–Crippen MR) is 70.9 cm³/mol. The molecule has 0 aromatic carbocycles. The van der Waals surface area contributed by atoms with Gasteiger partial charge in [-0.3, -0.25) is 4.68 Å². The normalized spacial score (nSPS) is 19.4. The molecule has 0 saturated heterocycles. The van der Waals surface area contributed by atoms with E-state index in [9.17, 15) is 0 Å². The summed E-state index contributed by atoms with van der Waals surface area (Å²) in [4.78, 5) is 0. The molecule has 1 aliphatic rings. The van der Waals surface area contributed by atoms with Gasteiger partial charge in [0.05, 0.1) is 11.7 Å². The second kappa shape index (κ2) is 6.20. The summed E-state index contributed by atoms with van der Waals surface area (Å²) in [7, 11) is 0. The van der Waals surface area contributed by atoms with Crippen LogP contribution in [-0.2, 0) is 6.42 Å². The third kappa shape index (κ3) is 3.56. The lowest BCUT2D eigenvalue weighted by Crippen LogP contribution is -2.23. The molecule has 2 rings (SSSR count). The second-order valence-electron chi connectivity index (χ2n) is 5.33. The lowest BCUT2D eigenvalue weighted by molar-refractivity contribution is 0.327. The van der Waals surface area contributed by atoms with E-state index in [-0.39, 0.29) is 6.04 Å². The van der Waals surface area contributed by atoms with Gasteiger partial charge in [0, 0.05) is 18.7 Å². The molecule has 1 aliphatic carbocycles. The third-order valence-electron chi connectivity index (χ3n) is 3.74. The van der Waals surface area contributed by atoms with Crippen LogP contribution in [0, 0.1) is 0 Å². The van der Waals surface area contributed by atoms with Crippen LogP contribution in [-0.4, -0.2) is 15.8 Å². The summed E-state index contributed by atoms with van der Waals surface area (Å²) in [6.07, 6.45) is 12.0. The molecule has 0 radical (unpaired) electrons. The molecule has 17 heavy (non-hydrogen) atoms. The molecule has 0 bridgehead atoms. The molecule has 1 fully saturated rings. The highest BCUT2D eigenvalue weighted by Gasteiger charge is 2.16. The zero-order valence-electron chi connectivity index (χ0n) is 10.9. The molecular weight excluding hydrogens is 210 g/mol. The monoisotopic (exact) mass is 235 g/mol. The summed E-state index contributed by atoms with van der Waals surface area (Å²) < 4.78 is 2.17. The van der Waals surface area contributed by atoms with Crippen molar-refractivity contribution >= 4 is 0 Å². The van der Waals surface area contributed by atoms with Gasteiger partial charge in [-0.1, -0.05) is 32.6 Å². The highest BCUT2D eigenvalue weighted by molar-refractivity contribution is 5.02. The number of nitrogens with two attached hydrogens (primary N) is 1. The Morgan fingerprint density at radius 2 is 2.18 bits per heavy atom. The predicted octanol–water partition coefficient (Wildman–Crippen LogP) is 3.06. The van der Waals surface area contributed by atoms with E-state index in [1.165, 1.54) is 32.1 Å². The van der Waals surface area contributed by atoms with E-state index in [0.717, 1.165) is 25.0 Å². The average molecular weight is 235 g/mol.